The van der Waals surface area contributed by atoms with E-state index in [2.05, 4.69) is 33.5 Å². The van der Waals surface area contributed by atoms with Crippen LogP contribution in [0.1, 0.15) is 23.7 Å². The Bertz CT molecular complexity index is 1200. The first-order valence-electron chi connectivity index (χ1n) is 9.69. The Balaban J connectivity index is 1.75. The highest BCUT2D eigenvalue weighted by atomic mass is 16.5. The number of carbonyl (C=O) groups is 1. The van der Waals surface area contributed by atoms with Crippen LogP contribution in [-0.4, -0.2) is 57.9 Å². The largest absolute Gasteiger partial charge is 0.497 e. The summed E-state index contributed by atoms with van der Waals surface area (Å²) in [5.41, 5.74) is 7.91. The maximum Gasteiger partial charge on any atom is 0.246 e. The molecule has 9 heteroatoms. The Morgan fingerprint density at radius 3 is 2.65 bits per heavy atom. The molecule has 0 saturated carbocycles. The van der Waals surface area contributed by atoms with E-state index in [9.17, 15) is 4.79 Å². The average molecular weight is 418 g/mol. The van der Waals surface area contributed by atoms with Crippen LogP contribution < -0.4 is 15.2 Å². The Kier molecular flexibility index (Phi) is 5.45. The molecule has 3 aromatic rings. The van der Waals surface area contributed by atoms with E-state index in [1.807, 2.05) is 12.1 Å². The van der Waals surface area contributed by atoms with Crippen molar-refractivity contribution in [3.8, 4) is 23.3 Å². The number of carbonyl (C=O) groups excluding carboxylic acids is 1. The van der Waals surface area contributed by atoms with Gasteiger partial charge < -0.3 is 20.1 Å². The van der Waals surface area contributed by atoms with Gasteiger partial charge in [0.1, 0.15) is 29.3 Å². The molecular weight excluding hydrogens is 396 g/mol. The smallest absolute Gasteiger partial charge is 0.246 e. The summed E-state index contributed by atoms with van der Waals surface area (Å²) in [5.74, 6) is 7.67. The maximum absolute atomic E-state index is 12.0. The van der Waals surface area contributed by atoms with Crippen LogP contribution in [0.5, 0.6) is 11.5 Å². The summed E-state index contributed by atoms with van der Waals surface area (Å²) in [6.07, 6.45) is 3.48. The molecule has 1 aliphatic heterocycles. The van der Waals surface area contributed by atoms with Crippen molar-refractivity contribution in [3.63, 3.8) is 0 Å². The van der Waals surface area contributed by atoms with Gasteiger partial charge in [-0.3, -0.25) is 4.79 Å². The summed E-state index contributed by atoms with van der Waals surface area (Å²) in [5, 5.41) is 5.28. The fraction of sp³-hybridized carbons (Fsp3) is 0.273. The van der Waals surface area contributed by atoms with Crippen molar-refractivity contribution in [2.75, 3.05) is 33.0 Å². The van der Waals surface area contributed by atoms with Gasteiger partial charge in [0.15, 0.2) is 5.65 Å². The molecule has 2 N–H and O–H groups in total. The van der Waals surface area contributed by atoms with E-state index in [0.29, 0.717) is 52.7 Å². The van der Waals surface area contributed by atoms with Gasteiger partial charge in [-0.05, 0) is 30.6 Å². The number of rotatable bonds is 4. The number of benzene rings is 1. The molecule has 0 spiro atoms. The summed E-state index contributed by atoms with van der Waals surface area (Å²) in [6, 6.07) is 5.36. The number of fused-ring (bicyclic) bond motifs is 1. The minimum Gasteiger partial charge on any atom is -0.497 e. The lowest BCUT2D eigenvalue weighted by Crippen LogP contribution is -2.27. The van der Waals surface area contributed by atoms with E-state index < -0.39 is 0 Å². The number of hydrogen-bond acceptors (Lipinski definition) is 7. The summed E-state index contributed by atoms with van der Waals surface area (Å²) < 4.78 is 12.4. The van der Waals surface area contributed by atoms with Crippen molar-refractivity contribution in [2.24, 2.45) is 0 Å². The molecule has 1 aliphatic rings. The number of anilines is 1. The van der Waals surface area contributed by atoms with Gasteiger partial charge in [-0.25, -0.2) is 14.6 Å². The third-order valence-electron chi connectivity index (χ3n) is 5.19. The van der Waals surface area contributed by atoms with Crippen LogP contribution in [0.2, 0.25) is 0 Å². The summed E-state index contributed by atoms with van der Waals surface area (Å²) >= 11 is 0. The highest BCUT2D eigenvalue weighted by molar-refractivity contribution is 5.91. The van der Waals surface area contributed by atoms with Gasteiger partial charge >= 0.3 is 0 Å². The molecule has 4 rings (SSSR count). The Labute approximate surface area is 179 Å². The van der Waals surface area contributed by atoms with Gasteiger partial charge in [0.05, 0.1) is 25.6 Å². The van der Waals surface area contributed by atoms with Gasteiger partial charge in [0, 0.05) is 24.7 Å². The van der Waals surface area contributed by atoms with Gasteiger partial charge in [0.25, 0.3) is 0 Å². The van der Waals surface area contributed by atoms with Gasteiger partial charge in [-0.1, -0.05) is 12.5 Å². The molecule has 31 heavy (non-hydrogen) atoms. The number of nitrogen functional groups attached to an aromatic ring is 1. The van der Waals surface area contributed by atoms with Crippen LogP contribution in [0, 0.1) is 11.8 Å². The molecule has 1 saturated heterocycles. The number of hydrogen-bond donors (Lipinski definition) is 1. The summed E-state index contributed by atoms with van der Waals surface area (Å²) in [6.45, 7) is 4.71. The van der Waals surface area contributed by atoms with Crippen LogP contribution in [0.4, 0.5) is 5.82 Å². The second-order valence-electron chi connectivity index (χ2n) is 7.03. The van der Waals surface area contributed by atoms with Crippen molar-refractivity contribution in [2.45, 2.75) is 12.5 Å². The number of nitrogens with zero attached hydrogens (tertiary/aromatic N) is 5. The lowest BCUT2D eigenvalue weighted by molar-refractivity contribution is -0.125. The van der Waals surface area contributed by atoms with Gasteiger partial charge in [-0.2, -0.15) is 5.10 Å². The standard InChI is InChI=1S/C22H22N6O3/c1-4-19(29)27-8-7-15(12-27)28-22-20(21(23)24-13-25-22)18(26-28)6-5-14-9-16(30-2)11-17(10-14)31-3/h4,9-11,13,15H,1,7-8,12H2,2-3H3,(H2,23,24,25)/t15-/m1/s1. The quantitative estimate of drug-likeness (QED) is 0.508. The molecule has 1 fully saturated rings. The molecule has 0 bridgehead atoms. The van der Waals surface area contributed by atoms with E-state index in [0.717, 1.165) is 6.42 Å². The second-order valence-corrected chi connectivity index (χ2v) is 7.03. The van der Waals surface area contributed by atoms with Crippen LogP contribution in [0.25, 0.3) is 11.0 Å². The Morgan fingerprint density at radius 2 is 1.97 bits per heavy atom. The molecule has 0 radical (unpaired) electrons. The van der Waals surface area contributed by atoms with Crippen molar-refractivity contribution in [1.29, 1.82) is 0 Å². The zero-order valence-electron chi connectivity index (χ0n) is 17.3. The van der Waals surface area contributed by atoms with Gasteiger partial charge in [0.2, 0.25) is 5.91 Å². The predicted octanol–water partition coefficient (Wildman–Crippen LogP) is 1.78. The number of likely N-dealkylation sites (tertiary alicyclic amines) is 1. The van der Waals surface area contributed by atoms with Crippen LogP contribution in [-0.2, 0) is 4.79 Å². The zero-order valence-corrected chi connectivity index (χ0v) is 17.3. The highest BCUT2D eigenvalue weighted by Crippen LogP contribution is 2.28. The molecule has 0 unspecified atom stereocenters. The molecule has 2 aromatic heterocycles. The first-order valence-corrected chi connectivity index (χ1v) is 9.69. The summed E-state index contributed by atoms with van der Waals surface area (Å²) in [7, 11) is 3.17. The van der Waals surface area contributed by atoms with E-state index in [4.69, 9.17) is 15.2 Å². The lowest BCUT2D eigenvalue weighted by atomic mass is 10.2. The van der Waals surface area contributed by atoms with Crippen molar-refractivity contribution < 1.29 is 14.3 Å². The molecule has 3 heterocycles. The number of ether oxygens (including phenoxy) is 2. The van der Waals surface area contributed by atoms with Crippen LogP contribution in [0.3, 0.4) is 0 Å². The number of nitrogens with two attached hydrogens (primary N) is 1. The topological polar surface area (TPSA) is 108 Å². The van der Waals surface area contributed by atoms with Crippen molar-refractivity contribution in [3.05, 3.63) is 48.4 Å². The molecule has 158 valence electrons. The fourth-order valence-corrected chi connectivity index (χ4v) is 3.62. The molecule has 0 aliphatic carbocycles. The van der Waals surface area contributed by atoms with E-state index >= 15 is 0 Å². The second kappa shape index (κ2) is 8.36. The molecule has 9 nitrogen and oxygen atoms in total. The summed E-state index contributed by atoms with van der Waals surface area (Å²) in [4.78, 5) is 22.2. The van der Waals surface area contributed by atoms with E-state index in [1.54, 1.807) is 29.9 Å². The zero-order chi connectivity index (χ0) is 22.0. The van der Waals surface area contributed by atoms with Crippen LogP contribution in [0.15, 0.2) is 37.2 Å². The van der Waals surface area contributed by atoms with Crippen molar-refractivity contribution in [1.82, 2.24) is 24.6 Å². The third kappa shape index (κ3) is 3.88. The predicted molar refractivity (Wildman–Crippen MR) is 116 cm³/mol. The first kappa shape index (κ1) is 20.2. The monoisotopic (exact) mass is 418 g/mol. The SMILES string of the molecule is C=CC(=O)N1CC[C@@H](n2nc(C#Cc3cc(OC)cc(OC)c3)c3c(N)ncnc32)C1. The fourth-order valence-electron chi connectivity index (χ4n) is 3.62. The minimum absolute atomic E-state index is 0.0341. The van der Waals surface area contributed by atoms with E-state index in [1.165, 1.54) is 12.4 Å². The molecule has 1 amide bonds. The number of amides is 1. The molecular formula is C22H22N6O3. The first-order chi connectivity index (χ1) is 15.0. The van der Waals surface area contributed by atoms with Crippen molar-refractivity contribution >= 4 is 22.8 Å². The van der Waals surface area contributed by atoms with E-state index in [-0.39, 0.29) is 11.9 Å². The lowest BCUT2D eigenvalue weighted by Gasteiger charge is -2.14. The minimum atomic E-state index is -0.0971. The maximum atomic E-state index is 12.0. The highest BCUT2D eigenvalue weighted by Gasteiger charge is 2.29. The number of aromatic nitrogens is 4. The molecule has 1 atom stereocenters. The van der Waals surface area contributed by atoms with Gasteiger partial charge in [-0.15, -0.1) is 0 Å². The Hall–Kier alpha value is -4.06. The molecule has 1 aromatic carbocycles. The van der Waals surface area contributed by atoms with Crippen LogP contribution >= 0.6 is 0 Å². The average Bonchev–Trinajstić information content (AvgIpc) is 3.42. The third-order valence-corrected chi connectivity index (χ3v) is 5.19. The number of methoxy groups -OCH3 is 2. The normalized spacial score (nSPS) is 15.4. The Morgan fingerprint density at radius 1 is 1.23 bits per heavy atom.